The van der Waals surface area contributed by atoms with Crippen LogP contribution in [0.2, 0.25) is 0 Å². The van der Waals surface area contributed by atoms with Gasteiger partial charge in [-0.25, -0.2) is 0 Å². The highest BCUT2D eigenvalue weighted by molar-refractivity contribution is 6.76. The molecule has 0 fully saturated rings. The lowest BCUT2D eigenvalue weighted by Gasteiger charge is -2.24. The van der Waals surface area contributed by atoms with Crippen molar-refractivity contribution in [3.63, 3.8) is 0 Å². The van der Waals surface area contributed by atoms with E-state index in [9.17, 15) is 13.0 Å². The Morgan fingerprint density at radius 2 is 1.38 bits per heavy atom. The van der Waals surface area contributed by atoms with E-state index in [1.54, 1.807) is 20.8 Å². The molecule has 0 saturated heterocycles. The lowest BCUT2D eigenvalue weighted by Crippen LogP contribution is -2.31. The molecule has 0 unspecified atom stereocenters. The van der Waals surface area contributed by atoms with Crippen molar-refractivity contribution in [2.45, 2.75) is 30.2 Å². The molecule has 0 bridgehead atoms. The molecule has 0 aromatic carbocycles. The first-order valence-corrected chi connectivity index (χ1v) is 4.92. The van der Waals surface area contributed by atoms with Crippen molar-refractivity contribution >= 4 is 48.5 Å². The second-order valence-electron chi connectivity index (χ2n) is 3.12. The summed E-state index contributed by atoms with van der Waals surface area (Å²) in [4.78, 5) is 0. The van der Waals surface area contributed by atoms with Crippen molar-refractivity contribution in [2.24, 2.45) is 0 Å². The molecule has 1 N–H and O–H groups in total. The molecule has 1 radical (unpaired) electrons. The summed E-state index contributed by atoms with van der Waals surface area (Å²) in [5.74, 6) is -0.352. The maximum Gasteiger partial charge on any atom is 0.577 e. The SMILES string of the molecule is CC(C)(C)OC(=N)C(Cl)(Cl)Cl.CF.F[B]F. The summed E-state index contributed by atoms with van der Waals surface area (Å²) in [5.41, 5.74) is -0.499. The summed E-state index contributed by atoms with van der Waals surface area (Å²) < 4.78 is 31.7. The van der Waals surface area contributed by atoms with E-state index < -0.39 is 17.2 Å². The Morgan fingerprint density at radius 3 is 1.44 bits per heavy atom. The van der Waals surface area contributed by atoms with Gasteiger partial charge in [0.15, 0.2) is 0 Å². The molecule has 0 aliphatic rings. The standard InChI is InChI=1S/C6H10Cl3NO.CH3F.BF2/c1-5(2,3)11-4(10)6(7,8)9;1-2;2-1-3/h10H,1-3H3;1H3;. The van der Waals surface area contributed by atoms with Crippen LogP contribution in [0.15, 0.2) is 0 Å². The van der Waals surface area contributed by atoms with Crippen molar-refractivity contribution in [1.82, 2.24) is 0 Å². The third kappa shape index (κ3) is 19.7. The lowest BCUT2D eigenvalue weighted by atomic mass is 10.2. The molecule has 97 valence electrons. The Kier molecular flexibility index (Phi) is 13.9. The van der Waals surface area contributed by atoms with Gasteiger partial charge in [-0.1, -0.05) is 34.8 Å². The summed E-state index contributed by atoms with van der Waals surface area (Å²) in [7, 11) is -0.500. The van der Waals surface area contributed by atoms with Gasteiger partial charge in [0.05, 0.1) is 7.18 Å². The van der Waals surface area contributed by atoms with Gasteiger partial charge in [-0.15, -0.1) is 0 Å². The van der Waals surface area contributed by atoms with E-state index in [4.69, 9.17) is 44.9 Å². The summed E-state index contributed by atoms with van der Waals surface area (Å²) in [6.45, 7) is 5.33. The van der Waals surface area contributed by atoms with Crippen molar-refractivity contribution in [3.05, 3.63) is 0 Å². The molecule has 0 saturated carbocycles. The molecule has 0 spiro atoms. The number of alkyl halides is 4. The summed E-state index contributed by atoms with van der Waals surface area (Å²) in [5, 5.41) is 7.18. The van der Waals surface area contributed by atoms with E-state index in [2.05, 4.69) is 0 Å². The van der Waals surface area contributed by atoms with Gasteiger partial charge < -0.3 is 4.74 Å². The number of rotatable bonds is 0. The van der Waals surface area contributed by atoms with Crippen LogP contribution in [0.4, 0.5) is 13.0 Å². The van der Waals surface area contributed by atoms with Gasteiger partial charge in [0.1, 0.15) is 5.60 Å². The molecular weight excluding hydrogens is 288 g/mol. The molecule has 0 amide bonds. The average Bonchev–Trinajstić information content (AvgIpc) is 2.04. The van der Waals surface area contributed by atoms with E-state index in [1.165, 1.54) is 0 Å². The Balaban J connectivity index is -0.000000289. The smallest absolute Gasteiger partial charge is 0.472 e. The minimum atomic E-state index is -1.76. The van der Waals surface area contributed by atoms with Gasteiger partial charge in [0, 0.05) is 0 Å². The predicted molar refractivity (Wildman–Crippen MR) is 63.9 cm³/mol. The van der Waals surface area contributed by atoms with Gasteiger partial charge in [-0.3, -0.25) is 18.4 Å². The van der Waals surface area contributed by atoms with Crippen LogP contribution in [0.1, 0.15) is 20.8 Å². The van der Waals surface area contributed by atoms with Crippen LogP contribution in [0.3, 0.4) is 0 Å². The van der Waals surface area contributed by atoms with Crippen molar-refractivity contribution in [3.8, 4) is 0 Å². The van der Waals surface area contributed by atoms with Gasteiger partial charge in [0.25, 0.3) is 3.79 Å². The minimum Gasteiger partial charge on any atom is -0.472 e. The third-order valence-corrected chi connectivity index (χ3v) is 1.18. The van der Waals surface area contributed by atoms with E-state index in [-0.39, 0.29) is 5.90 Å². The zero-order valence-electron chi connectivity index (χ0n) is 9.25. The highest BCUT2D eigenvalue weighted by atomic mass is 35.6. The molecule has 9 heteroatoms. The van der Waals surface area contributed by atoms with Crippen LogP contribution in [0, 0.1) is 5.41 Å². The maximum absolute atomic E-state index is 9.50. The molecule has 0 aromatic heterocycles. The molecule has 0 aliphatic carbocycles. The molecule has 0 aromatic rings. The molecule has 0 atom stereocenters. The minimum absolute atomic E-state index is 0.352. The Morgan fingerprint density at radius 1 is 1.12 bits per heavy atom. The quantitative estimate of drug-likeness (QED) is 0.309. The average molecular weight is 301 g/mol. The second kappa shape index (κ2) is 10.4. The largest absolute Gasteiger partial charge is 0.577 e. The summed E-state index contributed by atoms with van der Waals surface area (Å²) >= 11 is 16.1. The zero-order valence-corrected chi connectivity index (χ0v) is 11.5. The fraction of sp³-hybridized carbons (Fsp3) is 0.857. The van der Waals surface area contributed by atoms with Crippen LogP contribution in [0.25, 0.3) is 0 Å². The van der Waals surface area contributed by atoms with Crippen LogP contribution in [-0.2, 0) is 4.74 Å². The first-order valence-electron chi connectivity index (χ1n) is 3.79. The number of nitrogens with one attached hydrogen (secondary N) is 1. The highest BCUT2D eigenvalue weighted by Gasteiger charge is 2.31. The monoisotopic (exact) mass is 300 g/mol. The fourth-order valence-corrected chi connectivity index (χ4v) is 0.480. The van der Waals surface area contributed by atoms with E-state index in [0.29, 0.717) is 7.18 Å². The van der Waals surface area contributed by atoms with Crippen molar-refractivity contribution in [1.29, 1.82) is 5.41 Å². The number of halogens is 6. The van der Waals surface area contributed by atoms with E-state index in [1.807, 2.05) is 0 Å². The first-order chi connectivity index (χ1) is 7.04. The predicted octanol–water partition coefficient (Wildman–Crippen LogP) is 4.19. The van der Waals surface area contributed by atoms with Crippen molar-refractivity contribution in [2.75, 3.05) is 7.18 Å². The Hall–Kier alpha value is 0.195. The van der Waals surface area contributed by atoms with Gasteiger partial charge in [-0.2, -0.15) is 0 Å². The van der Waals surface area contributed by atoms with Crippen molar-refractivity contribution < 1.29 is 17.8 Å². The zero-order chi connectivity index (χ0) is 14.0. The van der Waals surface area contributed by atoms with Crippen LogP contribution < -0.4 is 0 Å². The number of hydrogen-bond donors (Lipinski definition) is 1. The maximum atomic E-state index is 9.50. The van der Waals surface area contributed by atoms with Crippen LogP contribution >= 0.6 is 34.8 Å². The highest BCUT2D eigenvalue weighted by Crippen LogP contribution is 2.29. The molecule has 16 heavy (non-hydrogen) atoms. The second-order valence-corrected chi connectivity index (χ2v) is 5.41. The molecule has 0 aliphatic heterocycles. The summed E-state index contributed by atoms with van der Waals surface area (Å²) in [6.07, 6.45) is 0. The van der Waals surface area contributed by atoms with Gasteiger partial charge in [0.2, 0.25) is 5.90 Å². The molecule has 2 nitrogen and oxygen atoms in total. The Bertz CT molecular complexity index is 185. The molecular formula is C7H13BCl3F3NO. The fourth-order valence-electron chi connectivity index (χ4n) is 0.364. The lowest BCUT2D eigenvalue weighted by molar-refractivity contribution is 0.112. The topological polar surface area (TPSA) is 33.1 Å². The van der Waals surface area contributed by atoms with E-state index >= 15 is 0 Å². The van der Waals surface area contributed by atoms with E-state index in [0.717, 1.165) is 0 Å². The van der Waals surface area contributed by atoms with Crippen LogP contribution in [0.5, 0.6) is 0 Å². The van der Waals surface area contributed by atoms with Gasteiger partial charge >= 0.3 is 7.83 Å². The normalized spacial score (nSPS) is 10.1. The Labute approximate surface area is 109 Å². The first kappa shape index (κ1) is 21.5. The third-order valence-electron chi connectivity index (χ3n) is 0.666. The number of ether oxygens (including phenoxy) is 1. The summed E-state index contributed by atoms with van der Waals surface area (Å²) in [6, 6.07) is 0. The molecule has 0 rings (SSSR count). The van der Waals surface area contributed by atoms with Crippen LogP contribution in [-0.4, -0.2) is 30.3 Å². The number of hydrogen-bond acceptors (Lipinski definition) is 2. The molecule has 0 heterocycles. The van der Waals surface area contributed by atoms with Gasteiger partial charge in [-0.05, 0) is 20.8 Å².